The van der Waals surface area contributed by atoms with Gasteiger partial charge in [0.1, 0.15) is 0 Å². The molecule has 7 heteroatoms. The number of halogens is 3. The van der Waals surface area contributed by atoms with Gasteiger partial charge in [0.25, 0.3) is 0 Å². The van der Waals surface area contributed by atoms with Crippen molar-refractivity contribution in [2.75, 3.05) is 5.32 Å². The topological polar surface area (TPSA) is 54.9 Å². The lowest BCUT2D eigenvalue weighted by atomic mass is 9.95. The molecule has 0 saturated heterocycles. The lowest BCUT2D eigenvalue weighted by Gasteiger charge is -2.15. The van der Waals surface area contributed by atoms with Crippen LogP contribution in [0.25, 0.3) is 22.0 Å². The van der Waals surface area contributed by atoms with Crippen molar-refractivity contribution < 1.29 is 18.0 Å². The summed E-state index contributed by atoms with van der Waals surface area (Å²) in [5, 5.41) is 3.52. The number of hydrogen-bond donors (Lipinski definition) is 1. The summed E-state index contributed by atoms with van der Waals surface area (Å²) in [6, 6.07) is 16.6. The summed E-state index contributed by atoms with van der Waals surface area (Å²) >= 11 is 0. The number of aldehydes is 1. The third-order valence-electron chi connectivity index (χ3n) is 4.71. The van der Waals surface area contributed by atoms with Crippen LogP contribution in [0.2, 0.25) is 0 Å². The highest BCUT2D eigenvalue weighted by Crippen LogP contribution is 2.38. The Morgan fingerprint density at radius 3 is 2.53 bits per heavy atom. The molecule has 0 atom stereocenters. The monoisotopic (exact) mass is 407 g/mol. The number of para-hydroxylation sites is 1. The van der Waals surface area contributed by atoms with Crippen molar-refractivity contribution in [1.29, 1.82) is 0 Å². The Bertz CT molecular complexity index is 1210. The molecule has 0 saturated carbocycles. The Morgan fingerprint density at radius 1 is 0.967 bits per heavy atom. The maximum Gasteiger partial charge on any atom is 0.418 e. The Labute approximate surface area is 170 Å². The molecule has 0 unspecified atom stereocenters. The summed E-state index contributed by atoms with van der Waals surface area (Å²) in [6.45, 7) is 0.486. The Kier molecular flexibility index (Phi) is 5.18. The summed E-state index contributed by atoms with van der Waals surface area (Å²) in [5.74, 6) is 0. The van der Waals surface area contributed by atoms with Crippen molar-refractivity contribution in [2.24, 2.45) is 0 Å². The van der Waals surface area contributed by atoms with E-state index in [-0.39, 0.29) is 16.5 Å². The van der Waals surface area contributed by atoms with Crippen LogP contribution >= 0.6 is 0 Å². The van der Waals surface area contributed by atoms with Crippen LogP contribution in [0, 0.1) is 0 Å². The van der Waals surface area contributed by atoms with Crippen molar-refractivity contribution in [3.8, 4) is 11.1 Å². The number of anilines is 1. The number of nitrogens with zero attached hydrogens (tertiary/aromatic N) is 2. The smallest absolute Gasteiger partial charge is 0.379 e. The van der Waals surface area contributed by atoms with Gasteiger partial charge in [-0.05, 0) is 35.9 Å². The molecule has 0 radical (unpaired) electrons. The first-order valence-electron chi connectivity index (χ1n) is 9.15. The van der Waals surface area contributed by atoms with Crippen LogP contribution in [0.5, 0.6) is 0 Å². The van der Waals surface area contributed by atoms with Gasteiger partial charge in [-0.3, -0.25) is 14.8 Å². The first-order valence-corrected chi connectivity index (χ1v) is 9.15. The number of carbonyl (C=O) groups is 1. The van der Waals surface area contributed by atoms with Crippen LogP contribution in [0.15, 0.2) is 73.1 Å². The zero-order valence-electron chi connectivity index (χ0n) is 15.6. The SMILES string of the molecule is O=Cc1cnc2c(C(F)(F)F)cccc2c1-c1cccc(NCc2ccccn2)c1. The highest BCUT2D eigenvalue weighted by Gasteiger charge is 2.33. The predicted molar refractivity (Wildman–Crippen MR) is 109 cm³/mol. The van der Waals surface area contributed by atoms with E-state index in [1.54, 1.807) is 30.5 Å². The molecule has 4 rings (SSSR count). The number of rotatable bonds is 5. The van der Waals surface area contributed by atoms with E-state index in [1.807, 2.05) is 24.3 Å². The fourth-order valence-corrected chi connectivity index (χ4v) is 3.36. The molecule has 1 N–H and O–H groups in total. The van der Waals surface area contributed by atoms with Crippen molar-refractivity contribution in [3.63, 3.8) is 0 Å². The average molecular weight is 407 g/mol. The summed E-state index contributed by atoms with van der Waals surface area (Å²) in [6.07, 6.45) is -1.05. The second-order valence-corrected chi connectivity index (χ2v) is 6.66. The number of carbonyl (C=O) groups excluding carboxylic acids is 1. The highest BCUT2D eigenvalue weighted by atomic mass is 19.4. The van der Waals surface area contributed by atoms with Gasteiger partial charge >= 0.3 is 6.18 Å². The minimum absolute atomic E-state index is 0.183. The minimum atomic E-state index is -4.54. The van der Waals surface area contributed by atoms with Gasteiger partial charge in [-0.2, -0.15) is 13.2 Å². The molecule has 150 valence electrons. The molecular formula is C23H16F3N3O. The molecule has 2 aromatic carbocycles. The molecule has 0 bridgehead atoms. The number of pyridine rings is 2. The van der Waals surface area contributed by atoms with Gasteiger partial charge in [-0.15, -0.1) is 0 Å². The molecule has 0 aliphatic heterocycles. The van der Waals surface area contributed by atoms with E-state index in [4.69, 9.17) is 0 Å². The van der Waals surface area contributed by atoms with Crippen LogP contribution < -0.4 is 5.32 Å². The average Bonchev–Trinajstić information content (AvgIpc) is 2.76. The number of aromatic nitrogens is 2. The standard InChI is InChI=1S/C23H16F3N3O/c24-23(25,26)20-9-4-8-19-21(16(14-30)12-29-22(19)20)15-5-3-7-17(11-15)28-13-18-6-1-2-10-27-18/h1-12,14,28H,13H2. The van der Waals surface area contributed by atoms with E-state index in [1.165, 1.54) is 12.3 Å². The second kappa shape index (κ2) is 7.94. The van der Waals surface area contributed by atoms with E-state index < -0.39 is 11.7 Å². The quantitative estimate of drug-likeness (QED) is 0.429. The lowest BCUT2D eigenvalue weighted by Crippen LogP contribution is -2.07. The number of benzene rings is 2. The fraction of sp³-hybridized carbons (Fsp3) is 0.0870. The fourth-order valence-electron chi connectivity index (χ4n) is 3.36. The van der Waals surface area contributed by atoms with Gasteiger partial charge in [0.05, 0.1) is 23.3 Å². The largest absolute Gasteiger partial charge is 0.418 e. The molecule has 0 spiro atoms. The van der Waals surface area contributed by atoms with Crippen LogP contribution in [0.4, 0.5) is 18.9 Å². The molecule has 0 amide bonds. The molecule has 2 aromatic heterocycles. The minimum Gasteiger partial charge on any atom is -0.379 e. The predicted octanol–water partition coefficient (Wildman–Crippen LogP) is 5.74. The van der Waals surface area contributed by atoms with E-state index in [2.05, 4.69) is 15.3 Å². The van der Waals surface area contributed by atoms with Gasteiger partial charge in [-0.1, -0.05) is 30.3 Å². The Balaban J connectivity index is 1.80. The van der Waals surface area contributed by atoms with Crippen molar-refractivity contribution in [3.05, 3.63) is 89.9 Å². The van der Waals surface area contributed by atoms with E-state index >= 15 is 0 Å². The van der Waals surface area contributed by atoms with Gasteiger partial charge in [0.15, 0.2) is 6.29 Å². The number of fused-ring (bicyclic) bond motifs is 1. The van der Waals surface area contributed by atoms with Gasteiger partial charge in [0.2, 0.25) is 0 Å². The van der Waals surface area contributed by atoms with Crippen LogP contribution in [-0.2, 0) is 12.7 Å². The Hall–Kier alpha value is -3.74. The van der Waals surface area contributed by atoms with Crippen LogP contribution in [0.3, 0.4) is 0 Å². The maximum absolute atomic E-state index is 13.4. The van der Waals surface area contributed by atoms with Crippen molar-refractivity contribution >= 4 is 22.9 Å². The van der Waals surface area contributed by atoms with Crippen molar-refractivity contribution in [1.82, 2.24) is 9.97 Å². The first kappa shape index (κ1) is 19.6. The molecule has 0 fully saturated rings. The van der Waals surface area contributed by atoms with Crippen LogP contribution in [-0.4, -0.2) is 16.3 Å². The highest BCUT2D eigenvalue weighted by molar-refractivity contribution is 6.03. The summed E-state index contributed by atoms with van der Waals surface area (Å²) in [5.41, 5.74) is 1.86. The number of alkyl halides is 3. The third kappa shape index (κ3) is 3.87. The summed E-state index contributed by atoms with van der Waals surface area (Å²) in [7, 11) is 0. The van der Waals surface area contributed by atoms with Crippen molar-refractivity contribution in [2.45, 2.75) is 12.7 Å². The Morgan fingerprint density at radius 2 is 1.80 bits per heavy atom. The van der Waals surface area contributed by atoms with E-state index in [9.17, 15) is 18.0 Å². The van der Waals surface area contributed by atoms with E-state index in [0.717, 1.165) is 17.4 Å². The van der Waals surface area contributed by atoms with Gasteiger partial charge in [-0.25, -0.2) is 0 Å². The lowest BCUT2D eigenvalue weighted by molar-refractivity contribution is -0.136. The molecule has 30 heavy (non-hydrogen) atoms. The molecule has 2 heterocycles. The second-order valence-electron chi connectivity index (χ2n) is 6.66. The number of nitrogens with one attached hydrogen (secondary N) is 1. The van der Waals surface area contributed by atoms with Gasteiger partial charge in [0, 0.05) is 34.6 Å². The molecule has 0 aliphatic carbocycles. The molecule has 0 aliphatic rings. The summed E-state index contributed by atoms with van der Waals surface area (Å²) in [4.78, 5) is 19.8. The summed E-state index contributed by atoms with van der Waals surface area (Å²) < 4.78 is 40.3. The molecular weight excluding hydrogens is 391 g/mol. The maximum atomic E-state index is 13.4. The van der Waals surface area contributed by atoms with E-state index in [0.29, 0.717) is 24.0 Å². The third-order valence-corrected chi connectivity index (χ3v) is 4.71. The number of hydrogen-bond acceptors (Lipinski definition) is 4. The first-order chi connectivity index (χ1) is 14.5. The normalized spacial score (nSPS) is 11.4. The molecule has 4 aromatic rings. The zero-order valence-corrected chi connectivity index (χ0v) is 15.6. The van der Waals surface area contributed by atoms with Crippen LogP contribution in [0.1, 0.15) is 21.6 Å². The zero-order chi connectivity index (χ0) is 21.1. The molecule has 4 nitrogen and oxygen atoms in total. The van der Waals surface area contributed by atoms with Gasteiger partial charge < -0.3 is 5.32 Å².